The molecule has 0 saturated heterocycles. The van der Waals surface area contributed by atoms with E-state index in [1.807, 2.05) is 54.6 Å². The maximum atomic E-state index is 13.4. The van der Waals surface area contributed by atoms with Crippen molar-refractivity contribution in [3.05, 3.63) is 117 Å². The molecule has 44 heavy (non-hydrogen) atoms. The highest BCUT2D eigenvalue weighted by Gasteiger charge is 2.42. The first-order valence-corrected chi connectivity index (χ1v) is 14.4. The van der Waals surface area contributed by atoms with E-state index >= 15 is 0 Å². The predicted molar refractivity (Wildman–Crippen MR) is 164 cm³/mol. The van der Waals surface area contributed by atoms with Gasteiger partial charge in [-0.3, -0.25) is 19.9 Å². The Kier molecular flexibility index (Phi) is 11.4. The van der Waals surface area contributed by atoms with Crippen molar-refractivity contribution in [2.75, 3.05) is 26.9 Å². The number of nitrogens with zero attached hydrogens (tertiary/aromatic N) is 2. The Labute approximate surface area is 256 Å². The number of benzene rings is 3. The van der Waals surface area contributed by atoms with Crippen LogP contribution in [0, 0.1) is 16.0 Å². The molecule has 0 saturated carbocycles. The largest absolute Gasteiger partial charge is 0.494 e. The van der Waals surface area contributed by atoms with Crippen molar-refractivity contribution in [2.24, 2.45) is 10.9 Å². The third-order valence-electron chi connectivity index (χ3n) is 7.30. The van der Waals surface area contributed by atoms with Gasteiger partial charge in [0.1, 0.15) is 11.7 Å². The van der Waals surface area contributed by atoms with Crippen molar-refractivity contribution in [3.63, 3.8) is 0 Å². The maximum Gasteiger partial charge on any atom is 0.336 e. The Morgan fingerprint density at radius 2 is 1.66 bits per heavy atom. The number of hydrogen-bond acceptors (Lipinski definition) is 9. The van der Waals surface area contributed by atoms with Crippen LogP contribution in [-0.4, -0.2) is 49.5 Å². The zero-order chi connectivity index (χ0) is 31.5. The molecule has 3 aromatic rings. The summed E-state index contributed by atoms with van der Waals surface area (Å²) in [6.07, 6.45) is 1.22. The first kappa shape index (κ1) is 32.1. The van der Waals surface area contributed by atoms with Crippen LogP contribution in [0.4, 0.5) is 5.69 Å². The topological polar surface area (TPSA) is 127 Å². The summed E-state index contributed by atoms with van der Waals surface area (Å²) in [5.41, 5.74) is 3.36. The first-order valence-electron chi connectivity index (χ1n) is 14.4. The number of non-ortho nitro benzene ring substituents is 1. The monoisotopic (exact) mass is 600 g/mol. The number of carbonyl (C=O) groups is 2. The predicted octanol–water partition coefficient (Wildman–Crippen LogP) is 5.99. The van der Waals surface area contributed by atoms with E-state index in [9.17, 15) is 19.7 Å². The van der Waals surface area contributed by atoms with E-state index < -0.39 is 28.7 Å². The van der Waals surface area contributed by atoms with E-state index in [-0.39, 0.29) is 17.9 Å². The summed E-state index contributed by atoms with van der Waals surface area (Å²) in [5, 5.41) is 11.5. The average Bonchev–Trinajstić information content (AvgIpc) is 3.03. The summed E-state index contributed by atoms with van der Waals surface area (Å²) in [7, 11) is 1.25. The molecule has 3 aromatic carbocycles. The lowest BCUT2D eigenvalue weighted by Crippen LogP contribution is -2.36. The Hall–Kier alpha value is -4.83. The molecule has 0 aliphatic carbocycles. The van der Waals surface area contributed by atoms with Gasteiger partial charge in [0.15, 0.2) is 0 Å². The van der Waals surface area contributed by atoms with Crippen molar-refractivity contribution in [1.29, 1.82) is 0 Å². The van der Waals surface area contributed by atoms with E-state index in [0.717, 1.165) is 23.3 Å². The second kappa shape index (κ2) is 15.6. The molecule has 0 aromatic heterocycles. The van der Waals surface area contributed by atoms with Gasteiger partial charge in [-0.25, -0.2) is 4.79 Å². The second-order valence-electron chi connectivity index (χ2n) is 10.4. The fourth-order valence-electron chi connectivity index (χ4n) is 5.13. The normalized spacial score (nSPS) is 16.2. The molecule has 0 bridgehead atoms. The number of aliphatic imine (C=N–C) groups is 1. The van der Waals surface area contributed by atoms with Gasteiger partial charge >= 0.3 is 11.9 Å². The molecule has 1 aliphatic rings. The van der Waals surface area contributed by atoms with E-state index in [2.05, 4.69) is 4.99 Å². The molecule has 1 aliphatic heterocycles. The van der Waals surface area contributed by atoms with Crippen LogP contribution >= 0.6 is 0 Å². The van der Waals surface area contributed by atoms with Crippen molar-refractivity contribution in [3.8, 4) is 5.75 Å². The standard InChI is InChI=1S/C34H36N2O8/c1-23-30(33(37)41-3)32(27-11-7-12-28(21-27)36(39)40)31(24(2)35-23)34(38)44-20-17-25-13-15-29(16-14-25)43-19-8-18-42-22-26-9-5-4-6-10-26/h4-7,9-16,21,30,32H,8,17-20,22H2,1-3H3. The highest BCUT2D eigenvalue weighted by atomic mass is 16.6. The van der Waals surface area contributed by atoms with Crippen LogP contribution in [0.15, 0.2) is 95.1 Å². The van der Waals surface area contributed by atoms with Crippen molar-refractivity contribution >= 4 is 23.3 Å². The number of esters is 2. The zero-order valence-electron chi connectivity index (χ0n) is 25.1. The number of allylic oxidation sites excluding steroid dienone is 1. The zero-order valence-corrected chi connectivity index (χ0v) is 25.1. The smallest absolute Gasteiger partial charge is 0.336 e. The van der Waals surface area contributed by atoms with Gasteiger partial charge in [-0.05, 0) is 42.7 Å². The average molecular weight is 601 g/mol. The lowest BCUT2D eigenvalue weighted by atomic mass is 9.75. The lowest BCUT2D eigenvalue weighted by molar-refractivity contribution is -0.384. The minimum absolute atomic E-state index is 0.0851. The van der Waals surface area contributed by atoms with Crippen LogP contribution in [0.3, 0.4) is 0 Å². The Balaban J connectivity index is 1.33. The summed E-state index contributed by atoms with van der Waals surface area (Å²) in [5.74, 6) is -2.29. The van der Waals surface area contributed by atoms with Gasteiger partial charge in [0.05, 0.1) is 44.0 Å². The second-order valence-corrected chi connectivity index (χ2v) is 10.4. The number of hydrogen-bond donors (Lipinski definition) is 0. The van der Waals surface area contributed by atoms with Crippen LogP contribution in [-0.2, 0) is 36.8 Å². The molecular formula is C34H36N2O8. The minimum atomic E-state index is -0.934. The number of methoxy groups -OCH3 is 1. The van der Waals surface area contributed by atoms with Gasteiger partial charge in [-0.15, -0.1) is 0 Å². The molecule has 10 nitrogen and oxygen atoms in total. The molecule has 230 valence electrons. The summed E-state index contributed by atoms with van der Waals surface area (Å²) < 4.78 is 22.2. The van der Waals surface area contributed by atoms with E-state index in [4.69, 9.17) is 18.9 Å². The number of nitro groups is 1. The first-order chi connectivity index (χ1) is 21.3. The number of carbonyl (C=O) groups excluding carboxylic acids is 2. The van der Waals surface area contributed by atoms with Crippen molar-refractivity contribution < 1.29 is 33.5 Å². The summed E-state index contributed by atoms with van der Waals surface area (Å²) >= 11 is 0. The van der Waals surface area contributed by atoms with Crippen LogP contribution in [0.2, 0.25) is 0 Å². The Morgan fingerprint density at radius 3 is 2.36 bits per heavy atom. The lowest BCUT2D eigenvalue weighted by Gasteiger charge is -2.31. The SMILES string of the molecule is COC(=O)C1C(C)=NC(C)=C(C(=O)OCCc2ccc(OCCCOCc3ccccc3)cc2)C1c1cccc([N+](=O)[O-])c1. The van der Waals surface area contributed by atoms with Crippen LogP contribution < -0.4 is 4.74 Å². The third-order valence-corrected chi connectivity index (χ3v) is 7.30. The van der Waals surface area contributed by atoms with Crippen molar-refractivity contribution in [1.82, 2.24) is 0 Å². The van der Waals surface area contributed by atoms with Crippen molar-refractivity contribution in [2.45, 2.75) is 39.2 Å². The molecule has 0 N–H and O–H groups in total. The van der Waals surface area contributed by atoms with Gasteiger partial charge in [0.2, 0.25) is 0 Å². The third kappa shape index (κ3) is 8.38. The molecule has 1 heterocycles. The molecule has 2 atom stereocenters. The van der Waals surface area contributed by atoms with E-state index in [1.165, 1.54) is 25.3 Å². The Bertz CT molecular complexity index is 1520. The highest BCUT2D eigenvalue weighted by Crippen LogP contribution is 2.41. The van der Waals surface area contributed by atoms with Crippen LogP contribution in [0.25, 0.3) is 0 Å². The maximum absolute atomic E-state index is 13.4. The molecule has 0 spiro atoms. The van der Waals surface area contributed by atoms with Gasteiger partial charge in [-0.1, -0.05) is 54.6 Å². The molecule has 2 unspecified atom stereocenters. The quantitative estimate of drug-likeness (QED) is 0.0956. The van der Waals surface area contributed by atoms with E-state index in [0.29, 0.717) is 43.2 Å². The molecular weight excluding hydrogens is 564 g/mol. The fraction of sp³-hybridized carbons (Fsp3) is 0.324. The highest BCUT2D eigenvalue weighted by molar-refractivity contribution is 6.07. The van der Waals surface area contributed by atoms with Gasteiger partial charge in [0, 0.05) is 42.3 Å². The summed E-state index contributed by atoms with van der Waals surface area (Å²) in [6.45, 7) is 5.12. The Morgan fingerprint density at radius 1 is 0.909 bits per heavy atom. The summed E-state index contributed by atoms with van der Waals surface area (Å²) in [4.78, 5) is 41.6. The number of ether oxygens (including phenoxy) is 4. The molecule has 4 rings (SSSR count). The molecule has 0 amide bonds. The number of rotatable bonds is 14. The number of nitro benzene ring substituents is 1. The molecule has 10 heteroatoms. The molecule has 0 fully saturated rings. The van der Waals surface area contributed by atoms with Gasteiger partial charge in [-0.2, -0.15) is 0 Å². The van der Waals surface area contributed by atoms with E-state index in [1.54, 1.807) is 19.9 Å². The summed E-state index contributed by atoms with van der Waals surface area (Å²) in [6, 6.07) is 23.4. The molecule has 0 radical (unpaired) electrons. The van der Waals surface area contributed by atoms with Crippen LogP contribution in [0.5, 0.6) is 5.75 Å². The van der Waals surface area contributed by atoms with Gasteiger partial charge in [0.25, 0.3) is 5.69 Å². The minimum Gasteiger partial charge on any atom is -0.494 e. The fourth-order valence-corrected chi connectivity index (χ4v) is 5.13. The van der Waals surface area contributed by atoms with Gasteiger partial charge < -0.3 is 18.9 Å². The van der Waals surface area contributed by atoms with Crippen LogP contribution in [0.1, 0.15) is 42.9 Å².